The Hall–Kier alpha value is -3.89. The van der Waals surface area contributed by atoms with Gasteiger partial charge in [0, 0.05) is 36.6 Å². The summed E-state index contributed by atoms with van der Waals surface area (Å²) in [6, 6.07) is 6.62. The van der Waals surface area contributed by atoms with Crippen molar-refractivity contribution >= 4 is 34.1 Å². The maximum Gasteiger partial charge on any atom is 0.397 e. The Balaban J connectivity index is 1.63. The lowest BCUT2D eigenvalue weighted by atomic mass is 10.1. The van der Waals surface area contributed by atoms with Crippen molar-refractivity contribution < 1.29 is 18.0 Å². The monoisotopic (exact) mass is 415 g/mol. The minimum Gasteiger partial charge on any atom is -0.361 e. The van der Waals surface area contributed by atoms with Crippen molar-refractivity contribution in [3.63, 3.8) is 0 Å². The second-order valence-corrected chi connectivity index (χ2v) is 6.56. The predicted octanol–water partition coefficient (Wildman–Crippen LogP) is 3.99. The number of fused-ring (bicyclic) bond motifs is 1. The molecule has 4 rings (SSSR count). The van der Waals surface area contributed by atoms with Gasteiger partial charge in [0.05, 0.1) is 28.8 Å². The number of aryl methyl sites for hydroxylation is 1. The molecule has 1 aromatic carbocycles. The van der Waals surface area contributed by atoms with Crippen LogP contribution in [-0.2, 0) is 11.8 Å². The van der Waals surface area contributed by atoms with Gasteiger partial charge in [-0.2, -0.15) is 18.3 Å². The molecule has 11 heteroatoms. The molecule has 0 aliphatic heterocycles. The fourth-order valence-electron chi connectivity index (χ4n) is 3.04. The van der Waals surface area contributed by atoms with Gasteiger partial charge < -0.3 is 15.6 Å². The smallest absolute Gasteiger partial charge is 0.361 e. The minimum absolute atomic E-state index is 0.284. The highest BCUT2D eigenvalue weighted by Gasteiger charge is 2.31. The molecule has 0 radical (unpaired) electrons. The van der Waals surface area contributed by atoms with E-state index in [1.54, 1.807) is 60.8 Å². The van der Waals surface area contributed by atoms with E-state index in [1.165, 1.54) is 0 Å². The van der Waals surface area contributed by atoms with Gasteiger partial charge in [0.25, 0.3) is 0 Å². The number of nitrogens with zero attached hydrogens (tertiary/aromatic N) is 4. The molecule has 0 atom stereocenters. The second-order valence-electron chi connectivity index (χ2n) is 6.56. The second kappa shape index (κ2) is 7.50. The summed E-state index contributed by atoms with van der Waals surface area (Å²) in [7, 11) is 1.79. The van der Waals surface area contributed by atoms with Crippen LogP contribution in [0, 0.1) is 0 Å². The fourth-order valence-corrected chi connectivity index (χ4v) is 3.04. The van der Waals surface area contributed by atoms with Crippen molar-refractivity contribution in [2.45, 2.75) is 12.6 Å². The summed E-state index contributed by atoms with van der Waals surface area (Å²) < 4.78 is 39.0. The van der Waals surface area contributed by atoms with Crippen molar-refractivity contribution in [3.8, 4) is 11.3 Å². The van der Waals surface area contributed by atoms with Crippen LogP contribution in [-0.4, -0.2) is 36.8 Å². The van der Waals surface area contributed by atoms with Crippen LogP contribution >= 0.6 is 0 Å². The van der Waals surface area contributed by atoms with E-state index in [4.69, 9.17) is 0 Å². The Kier molecular flexibility index (Phi) is 4.86. The number of hydrogen-bond acceptors (Lipinski definition) is 5. The number of aromatic nitrogens is 5. The highest BCUT2D eigenvalue weighted by molar-refractivity contribution is 6.06. The molecule has 4 aromatic rings. The molecule has 3 heterocycles. The lowest BCUT2D eigenvalue weighted by molar-refractivity contribution is -0.150. The van der Waals surface area contributed by atoms with Crippen LogP contribution in [0.5, 0.6) is 0 Å². The van der Waals surface area contributed by atoms with Gasteiger partial charge in [-0.25, -0.2) is 9.97 Å². The molecule has 154 valence electrons. The van der Waals surface area contributed by atoms with Gasteiger partial charge in [-0.1, -0.05) is 0 Å². The van der Waals surface area contributed by atoms with Gasteiger partial charge in [-0.15, -0.1) is 0 Å². The zero-order valence-electron chi connectivity index (χ0n) is 15.7. The van der Waals surface area contributed by atoms with Crippen LogP contribution in [0.15, 0.2) is 49.1 Å². The highest BCUT2D eigenvalue weighted by Crippen LogP contribution is 2.32. The zero-order chi connectivity index (χ0) is 21.3. The van der Waals surface area contributed by atoms with Crippen molar-refractivity contribution in [1.29, 1.82) is 0 Å². The third kappa shape index (κ3) is 4.24. The maximum absolute atomic E-state index is 12.5. The van der Waals surface area contributed by atoms with Crippen LogP contribution in [0.3, 0.4) is 0 Å². The molecule has 0 aliphatic carbocycles. The number of amides is 1. The summed E-state index contributed by atoms with van der Waals surface area (Å²) in [5.41, 5.74) is 2.94. The summed E-state index contributed by atoms with van der Waals surface area (Å²) in [6.45, 7) is 0. The number of nitrogens with one attached hydrogen (secondary N) is 3. The van der Waals surface area contributed by atoms with E-state index in [9.17, 15) is 18.0 Å². The van der Waals surface area contributed by atoms with Gasteiger partial charge in [-0.3, -0.25) is 9.48 Å². The van der Waals surface area contributed by atoms with E-state index in [1.807, 2.05) is 0 Å². The molecule has 0 bridgehead atoms. The molecular weight excluding hydrogens is 399 g/mol. The Labute approximate surface area is 168 Å². The third-order valence-corrected chi connectivity index (χ3v) is 4.25. The lowest BCUT2D eigenvalue weighted by Crippen LogP contribution is -2.21. The Morgan fingerprint density at radius 2 is 2.07 bits per heavy atom. The number of aromatic amines is 1. The molecule has 0 spiro atoms. The molecular formula is C19H16F3N7O. The molecule has 8 nitrogen and oxygen atoms in total. The standard InChI is InChI=1S/C19H16F3N7O/c1-29-10-11(9-25-29)26-18-24-7-5-15(28-18)12-2-3-14(13-4-6-23-17(12)13)27-16(30)8-19(20,21)22/h2-7,9-10,23H,8H2,1H3,(H,27,30)(H,24,26,28). The van der Waals surface area contributed by atoms with E-state index < -0.39 is 18.5 Å². The summed E-state index contributed by atoms with van der Waals surface area (Å²) in [5.74, 6) is -0.759. The van der Waals surface area contributed by atoms with Crippen molar-refractivity contribution in [2.24, 2.45) is 7.05 Å². The van der Waals surface area contributed by atoms with Gasteiger partial charge in [0.15, 0.2) is 0 Å². The van der Waals surface area contributed by atoms with E-state index in [-0.39, 0.29) is 5.69 Å². The molecule has 0 aliphatic rings. The van der Waals surface area contributed by atoms with Crippen LogP contribution < -0.4 is 10.6 Å². The SMILES string of the molecule is Cn1cc(Nc2nccc(-c3ccc(NC(=O)CC(F)(F)F)c4cc[nH]c34)n2)cn1. The van der Waals surface area contributed by atoms with E-state index in [0.29, 0.717) is 28.1 Å². The molecule has 0 saturated heterocycles. The first-order valence-electron chi connectivity index (χ1n) is 8.84. The molecule has 0 fully saturated rings. The lowest BCUT2D eigenvalue weighted by Gasteiger charge is -2.11. The predicted molar refractivity (Wildman–Crippen MR) is 105 cm³/mol. The molecule has 0 unspecified atom stereocenters. The minimum atomic E-state index is -4.57. The number of carbonyl (C=O) groups excluding carboxylic acids is 1. The molecule has 0 saturated carbocycles. The maximum atomic E-state index is 12.5. The van der Waals surface area contributed by atoms with E-state index in [2.05, 4.69) is 30.7 Å². The molecule has 30 heavy (non-hydrogen) atoms. The molecule has 3 N–H and O–H groups in total. The van der Waals surface area contributed by atoms with Crippen LogP contribution in [0.25, 0.3) is 22.2 Å². The van der Waals surface area contributed by atoms with Crippen molar-refractivity contribution in [1.82, 2.24) is 24.7 Å². The normalized spacial score (nSPS) is 11.6. The number of halogens is 3. The van der Waals surface area contributed by atoms with Crippen LogP contribution in [0.4, 0.5) is 30.5 Å². The Morgan fingerprint density at radius 1 is 1.23 bits per heavy atom. The first-order chi connectivity index (χ1) is 14.3. The Bertz CT molecular complexity index is 1210. The van der Waals surface area contributed by atoms with Crippen LogP contribution in [0.2, 0.25) is 0 Å². The largest absolute Gasteiger partial charge is 0.397 e. The zero-order valence-corrected chi connectivity index (χ0v) is 15.7. The number of anilines is 3. The fraction of sp³-hybridized carbons (Fsp3) is 0.158. The van der Waals surface area contributed by atoms with E-state index in [0.717, 1.165) is 5.69 Å². The summed E-state index contributed by atoms with van der Waals surface area (Å²) in [6.07, 6.45) is 0.531. The van der Waals surface area contributed by atoms with Gasteiger partial charge in [-0.05, 0) is 24.3 Å². The van der Waals surface area contributed by atoms with Gasteiger partial charge >= 0.3 is 6.18 Å². The van der Waals surface area contributed by atoms with Crippen LogP contribution in [0.1, 0.15) is 6.42 Å². The number of hydrogen-bond donors (Lipinski definition) is 3. The number of alkyl halides is 3. The van der Waals surface area contributed by atoms with Crippen molar-refractivity contribution in [2.75, 3.05) is 10.6 Å². The number of rotatable bonds is 5. The van der Waals surface area contributed by atoms with E-state index >= 15 is 0 Å². The van der Waals surface area contributed by atoms with Crippen molar-refractivity contribution in [3.05, 3.63) is 49.1 Å². The first-order valence-corrected chi connectivity index (χ1v) is 8.84. The average molecular weight is 415 g/mol. The number of carbonyl (C=O) groups is 1. The highest BCUT2D eigenvalue weighted by atomic mass is 19.4. The molecule has 1 amide bonds. The summed E-state index contributed by atoms with van der Waals surface area (Å²) in [5, 5.41) is 10.0. The van der Waals surface area contributed by atoms with Gasteiger partial charge in [0.1, 0.15) is 6.42 Å². The summed E-state index contributed by atoms with van der Waals surface area (Å²) in [4.78, 5) is 23.4. The Morgan fingerprint density at radius 3 is 2.80 bits per heavy atom. The average Bonchev–Trinajstić information content (AvgIpc) is 3.30. The quantitative estimate of drug-likeness (QED) is 0.458. The topological polar surface area (TPSA) is 101 Å². The number of H-pyrrole nitrogens is 1. The third-order valence-electron chi connectivity index (χ3n) is 4.25. The summed E-state index contributed by atoms with van der Waals surface area (Å²) >= 11 is 0. The number of benzene rings is 1. The van der Waals surface area contributed by atoms with Gasteiger partial charge in [0.2, 0.25) is 11.9 Å². The molecule has 3 aromatic heterocycles. The first kappa shape index (κ1) is 19.4.